The van der Waals surface area contributed by atoms with Crippen LogP contribution in [0.2, 0.25) is 0 Å². The summed E-state index contributed by atoms with van der Waals surface area (Å²) in [6.45, 7) is 0. The van der Waals surface area contributed by atoms with Crippen LogP contribution in [0.4, 0.5) is 0 Å². The van der Waals surface area contributed by atoms with Crippen LogP contribution in [0, 0.1) is 0 Å². The predicted octanol–water partition coefficient (Wildman–Crippen LogP) is 0.670. The van der Waals surface area contributed by atoms with Crippen molar-refractivity contribution < 1.29 is 0 Å². The van der Waals surface area contributed by atoms with E-state index in [4.69, 9.17) is 0 Å². The number of hydrogen-bond donors (Lipinski definition) is 0. The van der Waals surface area contributed by atoms with Crippen molar-refractivity contribution >= 4 is 20.5 Å². The Morgan fingerprint density at radius 1 is 0.923 bits per heavy atom. The van der Waals surface area contributed by atoms with Crippen LogP contribution >= 0.6 is 0 Å². The molecular formula is C10H8N2Se. The Kier molecular flexibility index (Phi) is 2.39. The van der Waals surface area contributed by atoms with Crippen LogP contribution in [0.5, 0.6) is 0 Å². The van der Waals surface area contributed by atoms with Gasteiger partial charge < -0.3 is 0 Å². The van der Waals surface area contributed by atoms with Gasteiger partial charge in [-0.15, -0.1) is 0 Å². The summed E-state index contributed by atoms with van der Waals surface area (Å²) in [5.74, 6) is 0.777. The van der Waals surface area contributed by atoms with Crippen molar-refractivity contribution in [2.75, 3.05) is 0 Å². The van der Waals surface area contributed by atoms with Crippen LogP contribution < -0.4 is 4.46 Å². The monoisotopic (exact) mass is 236 g/mol. The predicted molar refractivity (Wildman–Crippen MR) is 54.3 cm³/mol. The molecule has 0 radical (unpaired) electrons. The quantitative estimate of drug-likeness (QED) is 0.679. The van der Waals surface area contributed by atoms with E-state index in [0.29, 0.717) is 0 Å². The Labute approximate surface area is 84.9 Å². The third-order valence-electron chi connectivity index (χ3n) is 1.71. The Morgan fingerprint density at radius 3 is 2.31 bits per heavy atom. The Morgan fingerprint density at radius 2 is 1.62 bits per heavy atom. The van der Waals surface area contributed by atoms with E-state index in [-0.39, 0.29) is 0 Å². The van der Waals surface area contributed by atoms with E-state index in [9.17, 15) is 0 Å². The van der Waals surface area contributed by atoms with Crippen LogP contribution in [0.3, 0.4) is 0 Å². The molecule has 0 aliphatic heterocycles. The van der Waals surface area contributed by atoms with Gasteiger partial charge in [0.2, 0.25) is 0 Å². The van der Waals surface area contributed by atoms with Gasteiger partial charge in [-0.3, -0.25) is 0 Å². The molecule has 0 fully saturated rings. The van der Waals surface area contributed by atoms with E-state index in [1.165, 1.54) is 0 Å². The summed E-state index contributed by atoms with van der Waals surface area (Å²) in [5, 5.41) is 0. The second-order valence-corrected chi connectivity index (χ2v) is 3.60. The molecule has 0 amide bonds. The molecule has 64 valence electrons. The second-order valence-electron chi connectivity index (χ2n) is 2.59. The van der Waals surface area contributed by atoms with E-state index in [1.54, 1.807) is 12.4 Å². The summed E-state index contributed by atoms with van der Waals surface area (Å²) in [4.78, 5) is 8.38. The normalized spacial score (nSPS) is 9.92. The van der Waals surface area contributed by atoms with Crippen LogP contribution in [-0.4, -0.2) is 26.0 Å². The van der Waals surface area contributed by atoms with Gasteiger partial charge in [-0.25, -0.2) is 0 Å². The van der Waals surface area contributed by atoms with Gasteiger partial charge in [0.25, 0.3) is 0 Å². The zero-order valence-electron chi connectivity index (χ0n) is 6.88. The summed E-state index contributed by atoms with van der Waals surface area (Å²) in [7, 11) is 0. The average molecular weight is 235 g/mol. The number of benzene rings is 1. The van der Waals surface area contributed by atoms with Crippen molar-refractivity contribution in [1.29, 1.82) is 0 Å². The van der Waals surface area contributed by atoms with Gasteiger partial charge in [-0.1, -0.05) is 0 Å². The molecule has 2 aromatic rings. The van der Waals surface area contributed by atoms with Gasteiger partial charge in [0.1, 0.15) is 0 Å². The Hall–Kier alpha value is -1.18. The van der Waals surface area contributed by atoms with E-state index in [0.717, 1.165) is 15.8 Å². The number of hydrogen-bond acceptors (Lipinski definition) is 2. The van der Waals surface area contributed by atoms with Crippen LogP contribution in [0.25, 0.3) is 11.4 Å². The molecule has 0 saturated heterocycles. The molecule has 0 unspecified atom stereocenters. The summed E-state index contributed by atoms with van der Waals surface area (Å²) in [5.41, 5.74) is 1.07. The van der Waals surface area contributed by atoms with Crippen LogP contribution in [0.1, 0.15) is 0 Å². The number of rotatable bonds is 1. The molecule has 0 N–H and O–H groups in total. The molecule has 1 aromatic carbocycles. The van der Waals surface area contributed by atoms with E-state index in [1.807, 2.05) is 30.3 Å². The first-order valence-electron chi connectivity index (χ1n) is 3.93. The fraction of sp³-hybridized carbons (Fsp3) is 0. The van der Waals surface area contributed by atoms with Crippen molar-refractivity contribution in [3.05, 3.63) is 42.7 Å². The SMILES string of the molecule is [SeH]c1ccccc1-c1ncccn1. The molecule has 1 heterocycles. The minimum atomic E-state index is 0.777. The molecule has 0 aliphatic rings. The summed E-state index contributed by atoms with van der Waals surface area (Å²) < 4.78 is 1.14. The van der Waals surface area contributed by atoms with Gasteiger partial charge in [-0.05, 0) is 0 Å². The maximum atomic E-state index is 4.19. The molecule has 1 aromatic heterocycles. The third kappa shape index (κ3) is 1.77. The van der Waals surface area contributed by atoms with E-state index >= 15 is 0 Å². The van der Waals surface area contributed by atoms with Gasteiger partial charge in [0.05, 0.1) is 0 Å². The molecular weight excluding hydrogens is 227 g/mol. The average Bonchev–Trinajstić information content (AvgIpc) is 2.20. The first kappa shape index (κ1) is 8.42. The molecule has 2 rings (SSSR count). The van der Waals surface area contributed by atoms with E-state index in [2.05, 4.69) is 26.0 Å². The van der Waals surface area contributed by atoms with Gasteiger partial charge >= 0.3 is 84.6 Å². The zero-order valence-corrected chi connectivity index (χ0v) is 8.76. The van der Waals surface area contributed by atoms with Gasteiger partial charge in [-0.2, -0.15) is 0 Å². The minimum absolute atomic E-state index is 0.777. The number of aromatic nitrogens is 2. The summed E-state index contributed by atoms with van der Waals surface area (Å²) in [6, 6.07) is 9.86. The summed E-state index contributed by atoms with van der Waals surface area (Å²) in [6.07, 6.45) is 3.50. The summed E-state index contributed by atoms with van der Waals surface area (Å²) >= 11 is 2.53. The second kappa shape index (κ2) is 3.69. The fourth-order valence-electron chi connectivity index (χ4n) is 1.10. The Balaban J connectivity index is 2.54. The van der Waals surface area contributed by atoms with Crippen molar-refractivity contribution in [3.63, 3.8) is 0 Å². The topological polar surface area (TPSA) is 25.8 Å². The fourth-order valence-corrected chi connectivity index (χ4v) is 1.65. The van der Waals surface area contributed by atoms with Crippen LogP contribution in [0.15, 0.2) is 42.7 Å². The van der Waals surface area contributed by atoms with Gasteiger partial charge in [0.15, 0.2) is 0 Å². The van der Waals surface area contributed by atoms with Crippen molar-refractivity contribution in [1.82, 2.24) is 9.97 Å². The Bertz CT molecular complexity index is 401. The first-order valence-corrected chi connectivity index (χ1v) is 4.87. The van der Waals surface area contributed by atoms with Gasteiger partial charge in [0, 0.05) is 0 Å². The molecule has 0 saturated carbocycles. The molecule has 3 heteroatoms. The third-order valence-corrected chi connectivity index (χ3v) is 2.53. The molecule has 0 bridgehead atoms. The zero-order chi connectivity index (χ0) is 9.10. The maximum absolute atomic E-state index is 4.19. The van der Waals surface area contributed by atoms with Crippen molar-refractivity contribution in [3.8, 4) is 11.4 Å². The van der Waals surface area contributed by atoms with Crippen molar-refractivity contribution in [2.45, 2.75) is 0 Å². The van der Waals surface area contributed by atoms with Crippen LogP contribution in [-0.2, 0) is 0 Å². The first-order chi connectivity index (χ1) is 6.38. The number of nitrogens with zero attached hydrogens (tertiary/aromatic N) is 2. The standard InChI is InChI=1S/C10H8N2Se/c13-9-5-2-1-4-8(9)10-11-6-3-7-12-10/h1-7,13H. The molecule has 0 spiro atoms. The van der Waals surface area contributed by atoms with E-state index < -0.39 is 0 Å². The van der Waals surface area contributed by atoms with Crippen molar-refractivity contribution in [2.24, 2.45) is 0 Å². The molecule has 2 nitrogen and oxygen atoms in total. The molecule has 0 atom stereocenters. The molecule has 0 aliphatic carbocycles. The molecule has 13 heavy (non-hydrogen) atoms.